The maximum absolute atomic E-state index is 12.6. The van der Waals surface area contributed by atoms with Crippen molar-refractivity contribution in [3.8, 4) is 6.07 Å². The lowest BCUT2D eigenvalue weighted by molar-refractivity contribution is -0.125. The molecule has 1 aliphatic carbocycles. The molecule has 6 nitrogen and oxygen atoms in total. The first-order chi connectivity index (χ1) is 11.7. The second-order valence-electron chi connectivity index (χ2n) is 7.15. The normalized spacial score (nSPS) is 24.2. The number of rotatable bonds is 5. The fourth-order valence-corrected chi connectivity index (χ4v) is 4.01. The van der Waals surface area contributed by atoms with Gasteiger partial charge in [-0.05, 0) is 38.3 Å². The highest BCUT2D eigenvalue weighted by atomic mass is 16.2. The van der Waals surface area contributed by atoms with Crippen molar-refractivity contribution in [1.82, 2.24) is 20.0 Å². The molecular formula is C18H27N5O. The van der Waals surface area contributed by atoms with E-state index in [0.29, 0.717) is 12.6 Å². The largest absolute Gasteiger partial charge is 0.337 e. The summed E-state index contributed by atoms with van der Waals surface area (Å²) in [5.41, 5.74) is -0.636. The molecule has 1 saturated heterocycles. The van der Waals surface area contributed by atoms with Crippen LogP contribution in [0.3, 0.4) is 0 Å². The zero-order chi connectivity index (χ0) is 16.8. The molecular weight excluding hydrogens is 302 g/mol. The van der Waals surface area contributed by atoms with E-state index in [0.717, 1.165) is 58.0 Å². The minimum atomic E-state index is -0.636. The van der Waals surface area contributed by atoms with Gasteiger partial charge in [0.15, 0.2) is 0 Å². The lowest BCUT2D eigenvalue weighted by atomic mass is 9.83. The molecule has 1 aromatic rings. The van der Waals surface area contributed by atoms with E-state index in [4.69, 9.17) is 0 Å². The molecule has 0 bridgehead atoms. The third kappa shape index (κ3) is 4.15. The predicted octanol–water partition coefficient (Wildman–Crippen LogP) is 2.08. The molecule has 1 amide bonds. The summed E-state index contributed by atoms with van der Waals surface area (Å²) in [6.07, 6.45) is 12.0. The second kappa shape index (κ2) is 7.80. The first-order valence-corrected chi connectivity index (χ1v) is 9.14. The standard InChI is InChI=1S/C18H27N5O/c19-15-18(8-3-1-4-9-18)21-17(24)14-22-11-5-2-7-16(22)13-23-12-6-10-20-23/h6,10,12,16H,1-5,7-9,11,13-14H2,(H,21,24)/t16-/m1/s1. The van der Waals surface area contributed by atoms with Crippen LogP contribution >= 0.6 is 0 Å². The smallest absolute Gasteiger partial charge is 0.235 e. The number of nitrogens with one attached hydrogen (secondary N) is 1. The number of carbonyl (C=O) groups excluding carboxylic acids is 1. The van der Waals surface area contributed by atoms with Gasteiger partial charge in [-0.2, -0.15) is 10.4 Å². The van der Waals surface area contributed by atoms with Gasteiger partial charge >= 0.3 is 0 Å². The average Bonchev–Trinajstić information content (AvgIpc) is 3.10. The van der Waals surface area contributed by atoms with Crippen molar-refractivity contribution in [2.45, 2.75) is 69.5 Å². The molecule has 130 valence electrons. The van der Waals surface area contributed by atoms with Gasteiger partial charge in [-0.3, -0.25) is 14.4 Å². The molecule has 0 unspecified atom stereocenters. The van der Waals surface area contributed by atoms with Crippen LogP contribution in [0.15, 0.2) is 18.5 Å². The lowest BCUT2D eigenvalue weighted by Crippen LogP contribution is -2.54. The summed E-state index contributed by atoms with van der Waals surface area (Å²) in [7, 11) is 0. The van der Waals surface area contributed by atoms with E-state index in [1.807, 2.05) is 16.9 Å². The highest BCUT2D eigenvalue weighted by molar-refractivity contribution is 5.79. The monoisotopic (exact) mass is 329 g/mol. The van der Waals surface area contributed by atoms with Crippen molar-refractivity contribution in [3.63, 3.8) is 0 Å². The van der Waals surface area contributed by atoms with Crippen LogP contribution in [-0.4, -0.2) is 45.3 Å². The van der Waals surface area contributed by atoms with E-state index < -0.39 is 5.54 Å². The van der Waals surface area contributed by atoms with Gasteiger partial charge in [0, 0.05) is 18.4 Å². The predicted molar refractivity (Wildman–Crippen MR) is 91.0 cm³/mol. The summed E-state index contributed by atoms with van der Waals surface area (Å²) < 4.78 is 1.94. The third-order valence-corrected chi connectivity index (χ3v) is 5.35. The fourth-order valence-electron chi connectivity index (χ4n) is 4.01. The Kier molecular flexibility index (Phi) is 5.52. The van der Waals surface area contributed by atoms with Crippen LogP contribution in [0.5, 0.6) is 0 Å². The topological polar surface area (TPSA) is 74.0 Å². The second-order valence-corrected chi connectivity index (χ2v) is 7.15. The van der Waals surface area contributed by atoms with Crippen LogP contribution in [-0.2, 0) is 11.3 Å². The van der Waals surface area contributed by atoms with Gasteiger partial charge in [0.05, 0.1) is 19.2 Å². The summed E-state index contributed by atoms with van der Waals surface area (Å²) in [5, 5.41) is 16.9. The van der Waals surface area contributed by atoms with Gasteiger partial charge in [-0.25, -0.2) is 0 Å². The van der Waals surface area contributed by atoms with Crippen LogP contribution in [0.25, 0.3) is 0 Å². The summed E-state index contributed by atoms with van der Waals surface area (Å²) in [4.78, 5) is 14.8. The van der Waals surface area contributed by atoms with Crippen molar-refractivity contribution >= 4 is 5.91 Å². The molecule has 1 saturated carbocycles. The lowest BCUT2D eigenvalue weighted by Gasteiger charge is -2.37. The first kappa shape index (κ1) is 17.0. The van der Waals surface area contributed by atoms with Gasteiger partial charge in [0.2, 0.25) is 5.91 Å². The molecule has 1 aromatic heterocycles. The zero-order valence-corrected chi connectivity index (χ0v) is 14.3. The number of likely N-dealkylation sites (tertiary alicyclic amines) is 1. The highest BCUT2D eigenvalue weighted by Gasteiger charge is 2.34. The molecule has 0 spiro atoms. The first-order valence-electron chi connectivity index (χ1n) is 9.14. The van der Waals surface area contributed by atoms with Crippen molar-refractivity contribution < 1.29 is 4.79 Å². The number of nitrogens with zero attached hydrogens (tertiary/aromatic N) is 4. The Morgan fingerprint density at radius 1 is 1.29 bits per heavy atom. The van der Waals surface area contributed by atoms with Gasteiger partial charge in [0.25, 0.3) is 0 Å². The number of nitriles is 1. The summed E-state index contributed by atoms with van der Waals surface area (Å²) in [6, 6.07) is 4.64. The number of hydrogen-bond acceptors (Lipinski definition) is 4. The molecule has 1 aliphatic heterocycles. The van der Waals surface area contributed by atoms with Crippen LogP contribution in [0.4, 0.5) is 0 Å². The van der Waals surface area contributed by atoms with Gasteiger partial charge in [-0.1, -0.05) is 25.7 Å². The molecule has 2 fully saturated rings. The Balaban J connectivity index is 1.58. The number of aromatic nitrogens is 2. The maximum atomic E-state index is 12.6. The molecule has 1 N–H and O–H groups in total. The Bertz CT molecular complexity index is 571. The minimum absolute atomic E-state index is 0.00850. The molecule has 24 heavy (non-hydrogen) atoms. The quantitative estimate of drug-likeness (QED) is 0.897. The number of carbonyl (C=O) groups is 1. The molecule has 3 rings (SSSR count). The minimum Gasteiger partial charge on any atom is -0.337 e. The molecule has 6 heteroatoms. The highest BCUT2D eigenvalue weighted by Crippen LogP contribution is 2.27. The molecule has 1 atom stereocenters. The van der Waals surface area contributed by atoms with Crippen molar-refractivity contribution in [2.75, 3.05) is 13.1 Å². The SMILES string of the molecule is N#CC1(NC(=O)CN2CCCC[C@@H]2Cn2cccn2)CCCCC1. The Labute approximate surface area is 143 Å². The molecule has 2 heterocycles. The van der Waals surface area contributed by atoms with Crippen LogP contribution in [0.1, 0.15) is 51.4 Å². The Morgan fingerprint density at radius 3 is 2.83 bits per heavy atom. The van der Waals surface area contributed by atoms with E-state index in [1.54, 1.807) is 6.20 Å². The van der Waals surface area contributed by atoms with Crippen LogP contribution in [0.2, 0.25) is 0 Å². The Morgan fingerprint density at radius 2 is 2.12 bits per heavy atom. The Hall–Kier alpha value is -1.87. The van der Waals surface area contributed by atoms with Crippen LogP contribution in [0, 0.1) is 11.3 Å². The zero-order valence-electron chi connectivity index (χ0n) is 14.3. The van der Waals surface area contributed by atoms with E-state index in [9.17, 15) is 10.1 Å². The molecule has 2 aliphatic rings. The number of hydrogen-bond donors (Lipinski definition) is 1. The summed E-state index contributed by atoms with van der Waals surface area (Å²) in [5.74, 6) is -0.00850. The van der Waals surface area contributed by atoms with E-state index in [-0.39, 0.29) is 5.91 Å². The van der Waals surface area contributed by atoms with Crippen LogP contribution < -0.4 is 5.32 Å². The maximum Gasteiger partial charge on any atom is 0.235 e. The van der Waals surface area contributed by atoms with Gasteiger partial charge in [-0.15, -0.1) is 0 Å². The number of piperidine rings is 1. The third-order valence-electron chi connectivity index (χ3n) is 5.35. The van der Waals surface area contributed by atoms with Crippen molar-refractivity contribution in [1.29, 1.82) is 5.26 Å². The number of amides is 1. The van der Waals surface area contributed by atoms with Gasteiger partial charge < -0.3 is 5.32 Å². The van der Waals surface area contributed by atoms with Gasteiger partial charge in [0.1, 0.15) is 5.54 Å². The van der Waals surface area contributed by atoms with Crippen molar-refractivity contribution in [2.24, 2.45) is 0 Å². The molecule has 0 aromatic carbocycles. The summed E-state index contributed by atoms with van der Waals surface area (Å²) in [6.45, 7) is 2.15. The van der Waals surface area contributed by atoms with E-state index >= 15 is 0 Å². The van der Waals surface area contributed by atoms with Crippen molar-refractivity contribution in [3.05, 3.63) is 18.5 Å². The summed E-state index contributed by atoms with van der Waals surface area (Å²) >= 11 is 0. The molecule has 0 radical (unpaired) electrons. The van der Waals surface area contributed by atoms with E-state index in [1.165, 1.54) is 6.42 Å². The average molecular weight is 329 g/mol. The van der Waals surface area contributed by atoms with E-state index in [2.05, 4.69) is 21.4 Å². The fraction of sp³-hybridized carbons (Fsp3) is 0.722.